The molecule has 0 aliphatic rings. The van der Waals surface area contributed by atoms with Gasteiger partial charge in [-0.3, -0.25) is 9.20 Å². The van der Waals surface area contributed by atoms with Gasteiger partial charge in [0.1, 0.15) is 5.69 Å². The van der Waals surface area contributed by atoms with Crippen LogP contribution in [0.25, 0.3) is 5.65 Å². The number of amides is 1. The summed E-state index contributed by atoms with van der Waals surface area (Å²) in [6, 6.07) is 0.792. The molecule has 0 atom stereocenters. The zero-order valence-corrected chi connectivity index (χ0v) is 13.7. The number of aryl methyl sites for hydroxylation is 1. The lowest BCUT2D eigenvalue weighted by Crippen LogP contribution is -2.26. The highest BCUT2D eigenvalue weighted by Gasteiger charge is 2.32. The third-order valence-corrected chi connectivity index (χ3v) is 3.79. The van der Waals surface area contributed by atoms with E-state index in [1.54, 1.807) is 0 Å². The number of hydrogen-bond acceptors (Lipinski definition) is 3. The van der Waals surface area contributed by atoms with Crippen molar-refractivity contribution in [3.63, 3.8) is 0 Å². The summed E-state index contributed by atoms with van der Waals surface area (Å²) in [7, 11) is 0. The first-order valence-corrected chi connectivity index (χ1v) is 7.78. The molecule has 2 N–H and O–H groups in total. The molecule has 0 unspecified atom stereocenters. The molecule has 2 aromatic heterocycles. The van der Waals surface area contributed by atoms with Crippen LogP contribution >= 0.6 is 11.6 Å². The molecule has 0 fully saturated rings. The lowest BCUT2D eigenvalue weighted by atomic mass is 10.2. The Labute approximate surface area is 141 Å². The first-order valence-electron chi connectivity index (χ1n) is 7.40. The molecule has 24 heavy (non-hydrogen) atoms. The van der Waals surface area contributed by atoms with Crippen LogP contribution in [-0.2, 0) is 6.18 Å². The third kappa shape index (κ3) is 3.99. The van der Waals surface area contributed by atoms with Gasteiger partial charge in [0.25, 0.3) is 5.91 Å². The monoisotopic (exact) mass is 363 g/mol. The highest BCUT2D eigenvalue weighted by atomic mass is 35.5. The SMILES string of the molecule is Cc1nc2c(Cl)cc(C(F)(F)F)cn2c1C(=O)NCCCCCO. The number of pyridine rings is 1. The number of alkyl halides is 3. The Morgan fingerprint density at radius 1 is 1.38 bits per heavy atom. The van der Waals surface area contributed by atoms with Crippen molar-refractivity contribution in [1.82, 2.24) is 14.7 Å². The van der Waals surface area contributed by atoms with Crippen molar-refractivity contribution in [2.24, 2.45) is 0 Å². The van der Waals surface area contributed by atoms with Crippen molar-refractivity contribution < 1.29 is 23.1 Å². The summed E-state index contributed by atoms with van der Waals surface area (Å²) in [4.78, 5) is 16.4. The Hall–Kier alpha value is -1.80. The molecule has 132 valence electrons. The van der Waals surface area contributed by atoms with E-state index in [4.69, 9.17) is 16.7 Å². The maximum absolute atomic E-state index is 12.9. The molecular weight excluding hydrogens is 347 g/mol. The van der Waals surface area contributed by atoms with Crippen LogP contribution in [0.2, 0.25) is 5.02 Å². The van der Waals surface area contributed by atoms with Crippen molar-refractivity contribution in [2.45, 2.75) is 32.4 Å². The van der Waals surface area contributed by atoms with Crippen LogP contribution in [-0.4, -0.2) is 33.6 Å². The predicted octanol–water partition coefficient (Wildman–Crippen LogP) is 3.21. The van der Waals surface area contributed by atoms with E-state index >= 15 is 0 Å². The maximum Gasteiger partial charge on any atom is 0.417 e. The minimum Gasteiger partial charge on any atom is -0.396 e. The minimum atomic E-state index is -4.58. The van der Waals surface area contributed by atoms with Gasteiger partial charge in [-0.15, -0.1) is 0 Å². The summed E-state index contributed by atoms with van der Waals surface area (Å²) in [5, 5.41) is 11.2. The molecule has 5 nitrogen and oxygen atoms in total. The number of aromatic nitrogens is 2. The lowest BCUT2D eigenvalue weighted by molar-refractivity contribution is -0.137. The van der Waals surface area contributed by atoms with Crippen molar-refractivity contribution >= 4 is 23.2 Å². The molecule has 2 rings (SSSR count). The fraction of sp³-hybridized carbons (Fsp3) is 0.467. The van der Waals surface area contributed by atoms with E-state index in [1.165, 1.54) is 6.92 Å². The summed E-state index contributed by atoms with van der Waals surface area (Å²) in [5.74, 6) is -0.514. The third-order valence-electron chi connectivity index (χ3n) is 3.51. The second-order valence-corrected chi connectivity index (χ2v) is 5.76. The number of aliphatic hydroxyl groups excluding tert-OH is 1. The number of nitrogens with zero attached hydrogens (tertiary/aromatic N) is 2. The number of rotatable bonds is 6. The Bertz CT molecular complexity index is 744. The Kier molecular flexibility index (Phi) is 5.71. The Morgan fingerprint density at radius 2 is 2.08 bits per heavy atom. The van der Waals surface area contributed by atoms with Gasteiger partial charge in [0.05, 0.1) is 16.3 Å². The van der Waals surface area contributed by atoms with E-state index in [-0.39, 0.29) is 23.0 Å². The van der Waals surface area contributed by atoms with Gasteiger partial charge in [0.15, 0.2) is 5.65 Å². The van der Waals surface area contributed by atoms with Gasteiger partial charge >= 0.3 is 6.18 Å². The topological polar surface area (TPSA) is 66.6 Å². The summed E-state index contributed by atoms with van der Waals surface area (Å²) >= 11 is 5.88. The standard InChI is InChI=1S/C15H17ClF3N3O2/c1-9-12(14(24)20-5-3-2-4-6-23)22-8-10(15(17,18)19)7-11(16)13(22)21-9/h7-8,23H,2-6H2,1H3,(H,20,24). The van der Waals surface area contributed by atoms with E-state index in [9.17, 15) is 18.0 Å². The van der Waals surface area contributed by atoms with Crippen LogP contribution in [0, 0.1) is 6.92 Å². The largest absolute Gasteiger partial charge is 0.417 e. The minimum absolute atomic E-state index is 0.0279. The van der Waals surface area contributed by atoms with Gasteiger partial charge in [0.2, 0.25) is 0 Å². The first-order chi connectivity index (χ1) is 11.3. The number of carbonyl (C=O) groups is 1. The zero-order chi connectivity index (χ0) is 17.9. The number of hydrogen-bond donors (Lipinski definition) is 2. The predicted molar refractivity (Wildman–Crippen MR) is 83.2 cm³/mol. The molecule has 0 aromatic carbocycles. The van der Waals surface area contributed by atoms with Gasteiger partial charge in [-0.1, -0.05) is 11.6 Å². The second-order valence-electron chi connectivity index (χ2n) is 5.35. The number of carbonyl (C=O) groups excluding carboxylic acids is 1. The summed E-state index contributed by atoms with van der Waals surface area (Å²) in [6.07, 6.45) is -1.71. The molecule has 0 aliphatic carbocycles. The van der Waals surface area contributed by atoms with E-state index in [1.807, 2.05) is 0 Å². The number of fused-ring (bicyclic) bond motifs is 1. The van der Waals surface area contributed by atoms with E-state index in [0.29, 0.717) is 25.1 Å². The quantitative estimate of drug-likeness (QED) is 0.774. The average molecular weight is 364 g/mol. The normalized spacial score (nSPS) is 11.9. The van der Waals surface area contributed by atoms with Gasteiger partial charge in [-0.2, -0.15) is 13.2 Å². The molecule has 0 saturated heterocycles. The molecule has 0 saturated carbocycles. The molecule has 2 aromatic rings. The second kappa shape index (κ2) is 7.40. The fourth-order valence-corrected chi connectivity index (χ4v) is 2.60. The van der Waals surface area contributed by atoms with E-state index in [2.05, 4.69) is 10.3 Å². The van der Waals surface area contributed by atoms with Crippen molar-refractivity contribution in [2.75, 3.05) is 13.2 Å². The molecule has 0 radical (unpaired) electrons. The summed E-state index contributed by atoms with van der Waals surface area (Å²) in [5.41, 5.74) is -0.522. The van der Waals surface area contributed by atoms with Crippen molar-refractivity contribution in [3.8, 4) is 0 Å². The number of aliphatic hydroxyl groups is 1. The summed E-state index contributed by atoms with van der Waals surface area (Å²) < 4.78 is 39.9. The van der Waals surface area contributed by atoms with Crippen LogP contribution in [0.15, 0.2) is 12.3 Å². The number of nitrogens with one attached hydrogen (secondary N) is 1. The van der Waals surface area contributed by atoms with Gasteiger partial charge in [-0.05, 0) is 32.3 Å². The van der Waals surface area contributed by atoms with Gasteiger partial charge in [0, 0.05) is 19.3 Å². The Balaban J connectivity index is 2.30. The summed E-state index contributed by atoms with van der Waals surface area (Å²) in [6.45, 7) is 1.98. The van der Waals surface area contributed by atoms with Crippen LogP contribution in [0.1, 0.15) is 41.0 Å². The van der Waals surface area contributed by atoms with Crippen molar-refractivity contribution in [3.05, 3.63) is 34.2 Å². The first kappa shape index (κ1) is 18.5. The van der Waals surface area contributed by atoms with Crippen LogP contribution < -0.4 is 5.32 Å². The maximum atomic E-state index is 12.9. The van der Waals surface area contributed by atoms with Crippen LogP contribution in [0.5, 0.6) is 0 Å². The van der Waals surface area contributed by atoms with E-state index in [0.717, 1.165) is 23.1 Å². The van der Waals surface area contributed by atoms with Crippen LogP contribution in [0.3, 0.4) is 0 Å². The highest BCUT2D eigenvalue weighted by molar-refractivity contribution is 6.33. The number of halogens is 4. The van der Waals surface area contributed by atoms with E-state index < -0.39 is 17.6 Å². The average Bonchev–Trinajstić information content (AvgIpc) is 2.83. The highest BCUT2D eigenvalue weighted by Crippen LogP contribution is 2.33. The van der Waals surface area contributed by atoms with Crippen LogP contribution in [0.4, 0.5) is 13.2 Å². The lowest BCUT2D eigenvalue weighted by Gasteiger charge is -2.10. The molecule has 1 amide bonds. The molecule has 0 bridgehead atoms. The molecule has 0 spiro atoms. The molecular formula is C15H17ClF3N3O2. The van der Waals surface area contributed by atoms with Gasteiger partial charge < -0.3 is 10.4 Å². The Morgan fingerprint density at radius 3 is 2.71 bits per heavy atom. The molecule has 0 aliphatic heterocycles. The molecule has 2 heterocycles. The molecule has 9 heteroatoms. The van der Waals surface area contributed by atoms with Crippen molar-refractivity contribution in [1.29, 1.82) is 0 Å². The fourth-order valence-electron chi connectivity index (χ4n) is 2.35. The zero-order valence-electron chi connectivity index (χ0n) is 13.0. The number of unbranched alkanes of at least 4 members (excludes halogenated alkanes) is 2. The number of imidazole rings is 1. The van der Waals surface area contributed by atoms with Gasteiger partial charge in [-0.25, -0.2) is 4.98 Å². The smallest absolute Gasteiger partial charge is 0.396 e.